The molecule has 3 heterocycles. The van der Waals surface area contributed by atoms with Crippen molar-refractivity contribution in [1.29, 1.82) is 0 Å². The van der Waals surface area contributed by atoms with Gasteiger partial charge in [-0.1, -0.05) is 18.2 Å². The molecule has 184 valence electrons. The summed E-state index contributed by atoms with van der Waals surface area (Å²) in [6.07, 6.45) is -3.00. The van der Waals surface area contributed by atoms with E-state index in [2.05, 4.69) is 9.97 Å². The van der Waals surface area contributed by atoms with Gasteiger partial charge in [-0.3, -0.25) is 0 Å². The Labute approximate surface area is 205 Å². The summed E-state index contributed by atoms with van der Waals surface area (Å²) in [5.74, 6) is -2.58. The van der Waals surface area contributed by atoms with Gasteiger partial charge in [0.25, 0.3) is 0 Å². The van der Waals surface area contributed by atoms with Crippen LogP contribution in [0.25, 0.3) is 50.3 Å². The lowest BCUT2D eigenvalue weighted by Crippen LogP contribution is -2.08. The molecule has 1 N–H and O–H groups in total. The van der Waals surface area contributed by atoms with Gasteiger partial charge in [-0.2, -0.15) is 13.2 Å². The van der Waals surface area contributed by atoms with Crippen molar-refractivity contribution in [3.63, 3.8) is 0 Å². The Kier molecular flexibility index (Phi) is 5.11. The molecule has 0 saturated heterocycles. The molecule has 6 rings (SSSR count). The first-order valence-corrected chi connectivity index (χ1v) is 11.1. The summed E-state index contributed by atoms with van der Waals surface area (Å²) < 4.78 is 85.4. The van der Waals surface area contributed by atoms with Gasteiger partial charge < -0.3 is 9.38 Å². The number of pyridine rings is 1. The van der Waals surface area contributed by atoms with Crippen LogP contribution < -0.4 is 0 Å². The summed E-state index contributed by atoms with van der Waals surface area (Å²) in [7, 11) is 0. The zero-order valence-corrected chi connectivity index (χ0v) is 18.7. The van der Waals surface area contributed by atoms with Crippen LogP contribution in [-0.2, 0) is 6.18 Å². The van der Waals surface area contributed by atoms with Gasteiger partial charge in [-0.15, -0.1) is 0 Å². The van der Waals surface area contributed by atoms with E-state index in [4.69, 9.17) is 0 Å². The monoisotopic (exact) mass is 507 g/mol. The first kappa shape index (κ1) is 22.9. The van der Waals surface area contributed by atoms with Crippen molar-refractivity contribution in [3.05, 3.63) is 108 Å². The predicted molar refractivity (Wildman–Crippen MR) is 128 cm³/mol. The Bertz CT molecular complexity index is 1810. The molecule has 0 aliphatic heterocycles. The average molecular weight is 507 g/mol. The van der Waals surface area contributed by atoms with Crippen LogP contribution in [0.15, 0.2) is 85.1 Å². The van der Waals surface area contributed by atoms with Crippen molar-refractivity contribution in [2.45, 2.75) is 6.18 Å². The quantitative estimate of drug-likeness (QED) is 0.241. The van der Waals surface area contributed by atoms with Crippen molar-refractivity contribution < 1.29 is 26.3 Å². The summed E-state index contributed by atoms with van der Waals surface area (Å²) >= 11 is 0. The van der Waals surface area contributed by atoms with Crippen LogP contribution in [0.4, 0.5) is 26.3 Å². The second-order valence-corrected chi connectivity index (χ2v) is 8.50. The molecule has 0 radical (unpaired) electrons. The number of aromatic nitrogens is 3. The van der Waals surface area contributed by atoms with E-state index in [1.807, 2.05) is 0 Å². The van der Waals surface area contributed by atoms with Crippen LogP contribution in [0.2, 0.25) is 0 Å². The molecular weight excluding hydrogens is 492 g/mol. The number of fused-ring (bicyclic) bond motifs is 2. The molecule has 0 amide bonds. The number of imidazole rings is 1. The number of hydrogen-bond donors (Lipinski definition) is 1. The summed E-state index contributed by atoms with van der Waals surface area (Å²) in [5.41, 5.74) is 1.53. The highest BCUT2D eigenvalue weighted by atomic mass is 19.4. The van der Waals surface area contributed by atoms with Crippen LogP contribution in [0, 0.1) is 17.5 Å². The smallest absolute Gasteiger partial charge is 0.338 e. The third-order valence-corrected chi connectivity index (χ3v) is 6.25. The third kappa shape index (κ3) is 3.83. The molecule has 3 aromatic carbocycles. The lowest BCUT2D eigenvalue weighted by Gasteiger charge is -2.14. The highest BCUT2D eigenvalue weighted by molar-refractivity contribution is 5.87. The molecule has 9 heteroatoms. The van der Waals surface area contributed by atoms with E-state index in [0.29, 0.717) is 27.9 Å². The van der Waals surface area contributed by atoms with Gasteiger partial charge in [0.05, 0.1) is 27.8 Å². The molecule has 3 aromatic heterocycles. The molecule has 0 spiro atoms. The Hall–Kier alpha value is -4.53. The number of aromatic amines is 1. The van der Waals surface area contributed by atoms with Gasteiger partial charge in [0.2, 0.25) is 0 Å². The fraction of sp³-hybridized carbons (Fsp3) is 0.0357. The van der Waals surface area contributed by atoms with Crippen LogP contribution in [0.3, 0.4) is 0 Å². The number of rotatable bonds is 3. The predicted octanol–water partition coefficient (Wildman–Crippen LogP) is 8.25. The molecule has 3 nitrogen and oxygen atoms in total. The van der Waals surface area contributed by atoms with Crippen molar-refractivity contribution in [2.75, 3.05) is 0 Å². The lowest BCUT2D eigenvalue weighted by atomic mass is 9.98. The van der Waals surface area contributed by atoms with E-state index >= 15 is 0 Å². The maximum Gasteiger partial charge on any atom is 0.417 e. The van der Waals surface area contributed by atoms with E-state index in [0.717, 1.165) is 18.2 Å². The van der Waals surface area contributed by atoms with Crippen LogP contribution in [-0.4, -0.2) is 14.4 Å². The van der Waals surface area contributed by atoms with Gasteiger partial charge >= 0.3 is 6.18 Å². The lowest BCUT2D eigenvalue weighted by molar-refractivity contribution is -0.137. The minimum absolute atomic E-state index is 0.0553. The van der Waals surface area contributed by atoms with E-state index in [-0.39, 0.29) is 22.5 Å². The summed E-state index contributed by atoms with van der Waals surface area (Å²) in [6.45, 7) is 0. The fourth-order valence-corrected chi connectivity index (χ4v) is 4.57. The Morgan fingerprint density at radius 1 is 0.757 bits per heavy atom. The Morgan fingerprint density at radius 3 is 2.38 bits per heavy atom. The van der Waals surface area contributed by atoms with Crippen LogP contribution in [0.1, 0.15) is 5.56 Å². The van der Waals surface area contributed by atoms with Crippen molar-refractivity contribution in [2.24, 2.45) is 0 Å². The Morgan fingerprint density at radius 2 is 1.57 bits per heavy atom. The molecule has 0 bridgehead atoms. The van der Waals surface area contributed by atoms with Crippen LogP contribution in [0.5, 0.6) is 0 Å². The number of nitrogens with one attached hydrogen (secondary N) is 1. The minimum Gasteiger partial charge on any atom is -0.338 e. The summed E-state index contributed by atoms with van der Waals surface area (Å²) in [5, 5.41) is 0. The van der Waals surface area contributed by atoms with Crippen molar-refractivity contribution in [3.8, 4) is 33.8 Å². The Balaban J connectivity index is 1.54. The number of H-pyrrole nitrogens is 1. The van der Waals surface area contributed by atoms with E-state index in [1.165, 1.54) is 36.4 Å². The standard InChI is InChI=1S/C28H15F6N3/c29-16-7-9-22-23(14-16)36-27(35-22)19-13-15(6-8-20(19)28(32,33)34)17-4-2-12-37-24(17)10-11-25(37)18-3-1-5-21(30)26(18)31/h1-14H,(H,35,36). The van der Waals surface area contributed by atoms with Gasteiger partial charge in [0.1, 0.15) is 11.6 Å². The highest BCUT2D eigenvalue weighted by Crippen LogP contribution is 2.40. The minimum atomic E-state index is -4.67. The summed E-state index contributed by atoms with van der Waals surface area (Å²) in [4.78, 5) is 7.04. The van der Waals surface area contributed by atoms with E-state index in [1.54, 1.807) is 34.9 Å². The van der Waals surface area contributed by atoms with Gasteiger partial charge in [0, 0.05) is 22.9 Å². The highest BCUT2D eigenvalue weighted by Gasteiger charge is 2.34. The number of benzene rings is 3. The van der Waals surface area contributed by atoms with Gasteiger partial charge in [-0.25, -0.2) is 18.2 Å². The topological polar surface area (TPSA) is 33.1 Å². The maximum absolute atomic E-state index is 14.5. The molecule has 0 aliphatic carbocycles. The molecule has 37 heavy (non-hydrogen) atoms. The number of halogens is 6. The van der Waals surface area contributed by atoms with Gasteiger partial charge in [0.15, 0.2) is 11.6 Å². The molecule has 6 aromatic rings. The first-order valence-electron chi connectivity index (χ1n) is 11.1. The van der Waals surface area contributed by atoms with E-state index in [9.17, 15) is 26.3 Å². The fourth-order valence-electron chi connectivity index (χ4n) is 4.57. The third-order valence-electron chi connectivity index (χ3n) is 6.25. The molecule has 0 atom stereocenters. The normalized spacial score (nSPS) is 12.1. The zero-order valence-electron chi connectivity index (χ0n) is 18.7. The number of hydrogen-bond acceptors (Lipinski definition) is 1. The average Bonchev–Trinajstić information content (AvgIpc) is 3.49. The summed E-state index contributed by atoms with van der Waals surface area (Å²) in [6, 6.07) is 18.0. The molecule has 0 saturated carbocycles. The largest absolute Gasteiger partial charge is 0.417 e. The SMILES string of the molecule is Fc1ccc2nc(-c3cc(-c4cccn5c(-c6cccc(F)c6F)ccc45)ccc3C(F)(F)F)[nH]c2c1. The number of nitrogens with zero attached hydrogens (tertiary/aromatic N) is 2. The zero-order chi connectivity index (χ0) is 25.9. The number of alkyl halides is 3. The van der Waals surface area contributed by atoms with E-state index < -0.39 is 29.2 Å². The maximum atomic E-state index is 14.5. The van der Waals surface area contributed by atoms with Crippen molar-refractivity contribution in [1.82, 2.24) is 14.4 Å². The second-order valence-electron chi connectivity index (χ2n) is 8.50. The van der Waals surface area contributed by atoms with Gasteiger partial charge in [-0.05, 0) is 66.2 Å². The molecular formula is C28H15F6N3. The van der Waals surface area contributed by atoms with Crippen LogP contribution >= 0.6 is 0 Å². The first-order chi connectivity index (χ1) is 17.7. The molecule has 0 unspecified atom stereocenters. The van der Waals surface area contributed by atoms with Crippen molar-refractivity contribution >= 4 is 16.6 Å². The molecule has 0 fully saturated rings. The molecule has 0 aliphatic rings. The second kappa shape index (κ2) is 8.26.